The van der Waals surface area contributed by atoms with Crippen LogP contribution in [0.15, 0.2) is 23.7 Å². The molecule has 0 saturated carbocycles. The van der Waals surface area contributed by atoms with Crippen molar-refractivity contribution in [3.63, 3.8) is 0 Å². The maximum Gasteiger partial charge on any atom is 0.273 e. The molecule has 2 heterocycles. The minimum absolute atomic E-state index is 0.00129. The van der Waals surface area contributed by atoms with Crippen molar-refractivity contribution in [1.82, 2.24) is 25.2 Å². The fraction of sp³-hybridized carbons (Fsp3) is 0.500. The van der Waals surface area contributed by atoms with E-state index >= 15 is 0 Å². The van der Waals surface area contributed by atoms with Gasteiger partial charge >= 0.3 is 0 Å². The minimum atomic E-state index is -0.277. The van der Waals surface area contributed by atoms with Crippen LogP contribution >= 0.6 is 11.3 Å². The average Bonchev–Trinajstić information content (AvgIpc) is 3.20. The highest BCUT2D eigenvalue weighted by atomic mass is 32.1. The number of carbonyl (C=O) groups is 2. The number of thiophene rings is 1. The highest BCUT2D eigenvalue weighted by Gasteiger charge is 2.16. The predicted octanol–water partition coefficient (Wildman–Crippen LogP) is 1.57. The van der Waals surface area contributed by atoms with Gasteiger partial charge in [-0.2, -0.15) is 0 Å². The Hall–Kier alpha value is -2.22. The third-order valence-corrected chi connectivity index (χ3v) is 4.55. The second-order valence-electron chi connectivity index (χ2n) is 5.53. The molecule has 0 radical (unpaired) electrons. The SMILES string of the molecule is CCN(CC)C(=O)Cn1cc(C(=O)NC(C)Cc2cccs2)nn1. The van der Waals surface area contributed by atoms with Crippen molar-refractivity contribution in [2.45, 2.75) is 39.8 Å². The van der Waals surface area contributed by atoms with E-state index < -0.39 is 0 Å². The average molecular weight is 349 g/mol. The van der Waals surface area contributed by atoms with Gasteiger partial charge in [0.2, 0.25) is 5.91 Å². The van der Waals surface area contributed by atoms with Crippen LogP contribution in [0.3, 0.4) is 0 Å². The second-order valence-corrected chi connectivity index (χ2v) is 6.56. The standard InChI is InChI=1S/C16H23N5O2S/c1-4-20(5-2)15(22)11-21-10-14(18-19-21)16(23)17-12(3)9-13-7-6-8-24-13/h6-8,10,12H,4-5,9,11H2,1-3H3,(H,17,23). The summed E-state index contributed by atoms with van der Waals surface area (Å²) in [5, 5.41) is 12.7. The fourth-order valence-electron chi connectivity index (χ4n) is 2.37. The lowest BCUT2D eigenvalue weighted by Gasteiger charge is -2.17. The van der Waals surface area contributed by atoms with Crippen molar-refractivity contribution in [3.8, 4) is 0 Å². The zero-order valence-corrected chi connectivity index (χ0v) is 15.0. The Labute approximate surface area is 145 Å². The predicted molar refractivity (Wildman–Crippen MR) is 92.9 cm³/mol. The van der Waals surface area contributed by atoms with Crippen LogP contribution in [0.2, 0.25) is 0 Å². The largest absolute Gasteiger partial charge is 0.348 e. The zero-order valence-electron chi connectivity index (χ0n) is 14.2. The number of likely N-dealkylation sites (N-methyl/N-ethyl adjacent to an activating group) is 1. The van der Waals surface area contributed by atoms with Gasteiger partial charge in [0.25, 0.3) is 5.91 Å². The molecule has 0 saturated heterocycles. The molecule has 7 nitrogen and oxygen atoms in total. The van der Waals surface area contributed by atoms with Gasteiger partial charge in [0.1, 0.15) is 6.54 Å². The van der Waals surface area contributed by atoms with Gasteiger partial charge in [-0.1, -0.05) is 11.3 Å². The van der Waals surface area contributed by atoms with Crippen molar-refractivity contribution in [2.75, 3.05) is 13.1 Å². The van der Waals surface area contributed by atoms with Crippen LogP contribution < -0.4 is 5.32 Å². The van der Waals surface area contributed by atoms with Gasteiger partial charge in [-0.15, -0.1) is 16.4 Å². The first-order chi connectivity index (χ1) is 11.5. The molecule has 1 atom stereocenters. The van der Waals surface area contributed by atoms with Crippen LogP contribution in [-0.2, 0) is 17.8 Å². The van der Waals surface area contributed by atoms with Gasteiger partial charge in [-0.05, 0) is 32.2 Å². The Kier molecular flexibility index (Phi) is 6.48. The smallest absolute Gasteiger partial charge is 0.273 e. The van der Waals surface area contributed by atoms with Gasteiger partial charge in [0.05, 0.1) is 6.20 Å². The first-order valence-corrected chi connectivity index (χ1v) is 8.92. The van der Waals surface area contributed by atoms with Gasteiger partial charge in [0.15, 0.2) is 5.69 Å². The number of aromatic nitrogens is 3. The van der Waals surface area contributed by atoms with Gasteiger partial charge in [0, 0.05) is 30.4 Å². The number of rotatable bonds is 8. The second kappa shape index (κ2) is 8.58. The molecule has 2 amide bonds. The Morgan fingerprint density at radius 2 is 2.12 bits per heavy atom. The number of hydrogen-bond acceptors (Lipinski definition) is 5. The Morgan fingerprint density at radius 1 is 1.38 bits per heavy atom. The van der Waals surface area contributed by atoms with Gasteiger partial charge in [-0.25, -0.2) is 4.68 Å². The van der Waals surface area contributed by atoms with E-state index in [1.807, 2.05) is 38.3 Å². The minimum Gasteiger partial charge on any atom is -0.348 e. The van der Waals surface area contributed by atoms with E-state index in [1.165, 1.54) is 15.8 Å². The van der Waals surface area contributed by atoms with Gasteiger partial charge in [-0.3, -0.25) is 9.59 Å². The van der Waals surface area contributed by atoms with Crippen LogP contribution in [0.4, 0.5) is 0 Å². The lowest BCUT2D eigenvalue weighted by Crippen LogP contribution is -2.34. The molecule has 0 fully saturated rings. The molecule has 8 heteroatoms. The molecule has 2 aromatic rings. The molecule has 0 aromatic carbocycles. The highest BCUT2D eigenvalue weighted by Crippen LogP contribution is 2.11. The monoisotopic (exact) mass is 349 g/mol. The molecule has 2 rings (SSSR count). The molecule has 1 N–H and O–H groups in total. The van der Waals surface area contributed by atoms with E-state index in [1.54, 1.807) is 16.2 Å². The molecule has 0 aliphatic heterocycles. The van der Waals surface area contributed by atoms with Crippen molar-refractivity contribution in [2.24, 2.45) is 0 Å². The number of carbonyl (C=O) groups excluding carboxylic acids is 2. The summed E-state index contributed by atoms with van der Waals surface area (Å²) in [4.78, 5) is 27.2. The summed E-state index contributed by atoms with van der Waals surface area (Å²) in [6.45, 7) is 7.20. The Balaban J connectivity index is 1.89. The molecule has 0 aliphatic rings. The van der Waals surface area contributed by atoms with Crippen LogP contribution in [0.5, 0.6) is 0 Å². The number of nitrogens with zero attached hydrogens (tertiary/aromatic N) is 4. The Bertz CT molecular complexity index is 664. The van der Waals surface area contributed by atoms with Crippen molar-refractivity contribution < 1.29 is 9.59 Å². The highest BCUT2D eigenvalue weighted by molar-refractivity contribution is 7.09. The summed E-state index contributed by atoms with van der Waals surface area (Å²) in [5.41, 5.74) is 0.223. The summed E-state index contributed by atoms with van der Waals surface area (Å²) in [7, 11) is 0. The van der Waals surface area contributed by atoms with Gasteiger partial charge < -0.3 is 10.2 Å². The van der Waals surface area contributed by atoms with Crippen molar-refractivity contribution in [3.05, 3.63) is 34.3 Å². The molecule has 1 unspecified atom stereocenters. The van der Waals surface area contributed by atoms with E-state index in [9.17, 15) is 9.59 Å². The molecule has 0 spiro atoms. The molecule has 0 aliphatic carbocycles. The topological polar surface area (TPSA) is 80.1 Å². The summed E-state index contributed by atoms with van der Waals surface area (Å²) >= 11 is 1.67. The first-order valence-electron chi connectivity index (χ1n) is 8.04. The molecule has 2 aromatic heterocycles. The zero-order chi connectivity index (χ0) is 17.5. The lowest BCUT2D eigenvalue weighted by atomic mass is 10.2. The van der Waals surface area contributed by atoms with Crippen LogP contribution in [0, 0.1) is 0 Å². The van der Waals surface area contributed by atoms with Crippen LogP contribution in [-0.4, -0.2) is 50.8 Å². The lowest BCUT2D eigenvalue weighted by molar-refractivity contribution is -0.131. The fourth-order valence-corrected chi connectivity index (χ4v) is 3.21. The Morgan fingerprint density at radius 3 is 2.75 bits per heavy atom. The summed E-state index contributed by atoms with van der Waals surface area (Å²) < 4.78 is 1.40. The molecule has 0 bridgehead atoms. The number of hydrogen-bond donors (Lipinski definition) is 1. The maximum atomic E-state index is 12.2. The van der Waals surface area contributed by atoms with E-state index in [2.05, 4.69) is 15.6 Å². The number of nitrogens with one attached hydrogen (secondary N) is 1. The quantitative estimate of drug-likeness (QED) is 0.784. The van der Waals surface area contributed by atoms with E-state index in [4.69, 9.17) is 0 Å². The molecule has 24 heavy (non-hydrogen) atoms. The van der Waals surface area contributed by atoms with E-state index in [-0.39, 0.29) is 30.1 Å². The third-order valence-electron chi connectivity index (χ3n) is 3.65. The molecular weight excluding hydrogens is 326 g/mol. The first kappa shape index (κ1) is 18.1. The normalized spacial score (nSPS) is 12.0. The van der Waals surface area contributed by atoms with Crippen LogP contribution in [0.1, 0.15) is 36.1 Å². The van der Waals surface area contributed by atoms with E-state index in [0.29, 0.717) is 13.1 Å². The summed E-state index contributed by atoms with van der Waals surface area (Å²) in [5.74, 6) is -0.316. The summed E-state index contributed by atoms with van der Waals surface area (Å²) in [6.07, 6.45) is 2.28. The third kappa shape index (κ3) is 4.89. The maximum absolute atomic E-state index is 12.2. The van der Waals surface area contributed by atoms with Crippen LogP contribution in [0.25, 0.3) is 0 Å². The molecule has 130 valence electrons. The summed E-state index contributed by atoms with van der Waals surface area (Å²) in [6, 6.07) is 4.04. The van der Waals surface area contributed by atoms with Crippen molar-refractivity contribution in [1.29, 1.82) is 0 Å². The van der Waals surface area contributed by atoms with E-state index in [0.717, 1.165) is 6.42 Å². The van der Waals surface area contributed by atoms with Crippen molar-refractivity contribution >= 4 is 23.2 Å². The number of amides is 2. The molecular formula is C16H23N5O2S.